The van der Waals surface area contributed by atoms with E-state index in [4.69, 9.17) is 0 Å². The summed E-state index contributed by atoms with van der Waals surface area (Å²) in [6.45, 7) is 4.54. The number of nitrogens with zero attached hydrogens (tertiary/aromatic N) is 1. The SMILES string of the molecule is CC(C)N(C)[SiH2]C[SiH3]. The maximum absolute atomic E-state index is 2.52. The van der Waals surface area contributed by atoms with E-state index >= 15 is 0 Å². The molecule has 0 amide bonds. The summed E-state index contributed by atoms with van der Waals surface area (Å²) in [5, 5.41) is 0. The largest absolute Gasteiger partial charge is 0.330 e. The minimum absolute atomic E-state index is 0.194. The van der Waals surface area contributed by atoms with Crippen LogP contribution in [0.4, 0.5) is 0 Å². The van der Waals surface area contributed by atoms with Crippen LogP contribution in [0.5, 0.6) is 0 Å². The molecule has 8 heavy (non-hydrogen) atoms. The van der Waals surface area contributed by atoms with Crippen molar-refractivity contribution in [3.05, 3.63) is 0 Å². The van der Waals surface area contributed by atoms with Crippen LogP contribution in [0.15, 0.2) is 0 Å². The second-order valence-electron chi connectivity index (χ2n) is 2.57. The average Bonchev–Trinajstić information content (AvgIpc) is 1.67. The van der Waals surface area contributed by atoms with E-state index in [1.165, 1.54) is 15.9 Å². The molecule has 0 spiro atoms. The zero-order valence-electron chi connectivity index (χ0n) is 6.44. The van der Waals surface area contributed by atoms with E-state index in [1.807, 2.05) is 0 Å². The highest BCUT2D eigenvalue weighted by molar-refractivity contribution is 6.44. The van der Waals surface area contributed by atoms with Crippen molar-refractivity contribution in [1.82, 2.24) is 4.57 Å². The number of hydrogen-bond acceptors (Lipinski definition) is 1. The Balaban J connectivity index is 3.17. The Bertz CT molecular complexity index is 56.4. The molecule has 50 valence electrons. The number of rotatable bonds is 3. The molecule has 0 aromatic heterocycles. The second kappa shape index (κ2) is 4.29. The van der Waals surface area contributed by atoms with Crippen molar-refractivity contribution in [3.63, 3.8) is 0 Å². The molecule has 0 aliphatic rings. The summed E-state index contributed by atoms with van der Waals surface area (Å²) in [7, 11) is 3.84. The minimum Gasteiger partial charge on any atom is -0.330 e. The third-order valence-electron chi connectivity index (χ3n) is 1.46. The normalized spacial score (nSPS) is 13.1. The third kappa shape index (κ3) is 3.40. The van der Waals surface area contributed by atoms with Gasteiger partial charge in [0.25, 0.3) is 0 Å². The third-order valence-corrected chi connectivity index (χ3v) is 4.68. The summed E-state index contributed by atoms with van der Waals surface area (Å²) in [4.78, 5) is 0. The fraction of sp³-hybridized carbons (Fsp3) is 1.00. The van der Waals surface area contributed by atoms with E-state index in [-0.39, 0.29) is 9.68 Å². The molecule has 0 fully saturated rings. The fourth-order valence-corrected chi connectivity index (χ4v) is 3.95. The maximum Gasteiger partial charge on any atom is 0.0916 e. The first-order valence-electron chi connectivity index (χ1n) is 3.38. The lowest BCUT2D eigenvalue weighted by atomic mass is 10.4. The highest BCUT2D eigenvalue weighted by Gasteiger charge is 1.98. The van der Waals surface area contributed by atoms with E-state index < -0.39 is 0 Å². The molecule has 0 aromatic carbocycles. The van der Waals surface area contributed by atoms with Crippen LogP contribution in [0.3, 0.4) is 0 Å². The van der Waals surface area contributed by atoms with Crippen LogP contribution in [0.2, 0.25) is 5.67 Å². The van der Waals surface area contributed by atoms with E-state index in [1.54, 1.807) is 0 Å². The van der Waals surface area contributed by atoms with Crippen molar-refractivity contribution in [1.29, 1.82) is 0 Å². The van der Waals surface area contributed by atoms with Gasteiger partial charge in [0.15, 0.2) is 0 Å². The van der Waals surface area contributed by atoms with E-state index in [0.717, 1.165) is 6.04 Å². The summed E-state index contributed by atoms with van der Waals surface area (Å²) in [5.41, 5.74) is 1.54. The zero-order chi connectivity index (χ0) is 6.57. The molecule has 0 rings (SSSR count). The summed E-state index contributed by atoms with van der Waals surface area (Å²) in [6.07, 6.45) is 0. The molecule has 0 radical (unpaired) electrons. The molecule has 0 saturated carbocycles. The zero-order valence-corrected chi connectivity index (χ0v) is 9.85. The molecule has 0 unspecified atom stereocenters. The Morgan fingerprint density at radius 2 is 2.12 bits per heavy atom. The average molecular weight is 147 g/mol. The van der Waals surface area contributed by atoms with Crippen LogP contribution < -0.4 is 0 Å². The van der Waals surface area contributed by atoms with Gasteiger partial charge in [0.05, 0.1) is 9.68 Å². The van der Waals surface area contributed by atoms with Gasteiger partial charge in [-0.1, -0.05) is 19.5 Å². The quantitative estimate of drug-likeness (QED) is 0.470. The van der Waals surface area contributed by atoms with Gasteiger partial charge < -0.3 is 4.57 Å². The van der Waals surface area contributed by atoms with E-state index in [0.29, 0.717) is 0 Å². The molecule has 1 nitrogen and oxygen atoms in total. The highest BCUT2D eigenvalue weighted by atomic mass is 28.3. The van der Waals surface area contributed by atoms with Crippen molar-refractivity contribution in [2.24, 2.45) is 0 Å². The molecule has 0 aromatic rings. The summed E-state index contributed by atoms with van der Waals surface area (Å²) in [5.74, 6) is 0. The topological polar surface area (TPSA) is 3.24 Å². The van der Waals surface area contributed by atoms with Gasteiger partial charge >= 0.3 is 0 Å². The molecule has 0 saturated heterocycles. The lowest BCUT2D eigenvalue weighted by Gasteiger charge is -2.19. The Labute approximate surface area is 57.8 Å². The molecular weight excluding hydrogens is 130 g/mol. The molecule has 0 N–H and O–H groups in total. The highest BCUT2D eigenvalue weighted by Crippen LogP contribution is 1.90. The van der Waals surface area contributed by atoms with Crippen LogP contribution in [-0.2, 0) is 0 Å². The molecule has 0 aliphatic heterocycles. The first kappa shape index (κ1) is 8.39. The van der Waals surface area contributed by atoms with Crippen LogP contribution in [-0.4, -0.2) is 37.6 Å². The van der Waals surface area contributed by atoms with Gasteiger partial charge in [-0.3, -0.25) is 0 Å². The standard InChI is InChI=1S/C5H17NSi2/c1-5(2)6(3)8-4-7/h5H,4,8H2,1-3,7H3. The lowest BCUT2D eigenvalue weighted by Crippen LogP contribution is -2.29. The summed E-state index contributed by atoms with van der Waals surface area (Å²) >= 11 is 0. The minimum atomic E-state index is 0.194. The molecular formula is C5H17NSi2. The van der Waals surface area contributed by atoms with Gasteiger partial charge in [-0.15, -0.1) is 0 Å². The van der Waals surface area contributed by atoms with Crippen LogP contribution in [0, 0.1) is 0 Å². The molecule has 0 aliphatic carbocycles. The molecule has 0 heterocycles. The molecule has 0 atom stereocenters. The number of hydrogen-bond donors (Lipinski definition) is 0. The second-order valence-corrected chi connectivity index (χ2v) is 8.02. The van der Waals surface area contributed by atoms with Crippen molar-refractivity contribution < 1.29 is 0 Å². The maximum atomic E-state index is 2.52. The van der Waals surface area contributed by atoms with Crippen molar-refractivity contribution in [2.45, 2.75) is 25.6 Å². The van der Waals surface area contributed by atoms with Gasteiger partial charge in [0.1, 0.15) is 0 Å². The van der Waals surface area contributed by atoms with Crippen LogP contribution in [0.1, 0.15) is 13.8 Å². The van der Waals surface area contributed by atoms with Crippen molar-refractivity contribution in [2.75, 3.05) is 7.05 Å². The van der Waals surface area contributed by atoms with Gasteiger partial charge in [0.2, 0.25) is 0 Å². The van der Waals surface area contributed by atoms with Gasteiger partial charge in [0, 0.05) is 10.2 Å². The fourth-order valence-electron chi connectivity index (χ4n) is 0.611. The predicted octanol–water partition coefficient (Wildman–Crippen LogP) is -0.848. The van der Waals surface area contributed by atoms with Crippen molar-refractivity contribution >= 4 is 19.9 Å². The summed E-state index contributed by atoms with van der Waals surface area (Å²) < 4.78 is 2.52. The predicted molar refractivity (Wildman–Crippen MR) is 46.2 cm³/mol. The Hall–Kier alpha value is 0.394. The Kier molecular flexibility index (Phi) is 4.50. The first-order chi connectivity index (χ1) is 3.68. The van der Waals surface area contributed by atoms with E-state index in [2.05, 4.69) is 25.5 Å². The van der Waals surface area contributed by atoms with Crippen molar-refractivity contribution in [3.8, 4) is 0 Å². The van der Waals surface area contributed by atoms with Gasteiger partial charge in [-0.2, -0.15) is 0 Å². The summed E-state index contributed by atoms with van der Waals surface area (Å²) in [6, 6.07) is 0.788. The van der Waals surface area contributed by atoms with Crippen LogP contribution in [0.25, 0.3) is 0 Å². The first-order valence-corrected chi connectivity index (χ1v) is 6.43. The molecule has 0 bridgehead atoms. The monoisotopic (exact) mass is 147 g/mol. The molecule has 3 heteroatoms. The lowest BCUT2D eigenvalue weighted by molar-refractivity contribution is 0.442. The van der Waals surface area contributed by atoms with Gasteiger partial charge in [-0.05, 0) is 13.1 Å². The Morgan fingerprint density at radius 1 is 1.62 bits per heavy atom. The smallest absolute Gasteiger partial charge is 0.0916 e. The Morgan fingerprint density at radius 3 is 2.25 bits per heavy atom. The van der Waals surface area contributed by atoms with E-state index in [9.17, 15) is 0 Å². The van der Waals surface area contributed by atoms with Gasteiger partial charge in [-0.25, -0.2) is 0 Å². The van der Waals surface area contributed by atoms with Crippen LogP contribution >= 0.6 is 0 Å².